The van der Waals surface area contributed by atoms with E-state index in [0.717, 1.165) is 30.3 Å². The first-order valence-electron chi connectivity index (χ1n) is 6.35. The van der Waals surface area contributed by atoms with Crippen LogP contribution in [0.3, 0.4) is 0 Å². The minimum Gasteiger partial charge on any atom is -0.476 e. The van der Waals surface area contributed by atoms with Crippen molar-refractivity contribution in [3.8, 4) is 0 Å². The smallest absolute Gasteiger partial charge is 0.356 e. The SMILES string of the molecule is Cc1nc(C(=O)O)c(CCC2CCCC2)n1C. The summed E-state index contributed by atoms with van der Waals surface area (Å²) in [6.45, 7) is 1.85. The van der Waals surface area contributed by atoms with E-state index in [1.807, 2.05) is 18.5 Å². The van der Waals surface area contributed by atoms with Gasteiger partial charge in [-0.3, -0.25) is 0 Å². The summed E-state index contributed by atoms with van der Waals surface area (Å²) < 4.78 is 1.92. The van der Waals surface area contributed by atoms with Gasteiger partial charge in [0.15, 0.2) is 5.69 Å². The molecular formula is C13H20N2O2. The summed E-state index contributed by atoms with van der Waals surface area (Å²) in [5.74, 6) is 0.658. The van der Waals surface area contributed by atoms with Crippen molar-refractivity contribution in [2.75, 3.05) is 0 Å². The fourth-order valence-corrected chi connectivity index (χ4v) is 2.75. The number of nitrogens with zero attached hydrogens (tertiary/aromatic N) is 2. The zero-order valence-electron chi connectivity index (χ0n) is 10.6. The van der Waals surface area contributed by atoms with Gasteiger partial charge in [-0.2, -0.15) is 0 Å². The Kier molecular flexibility index (Phi) is 3.50. The Labute approximate surface area is 102 Å². The first-order valence-corrected chi connectivity index (χ1v) is 6.35. The first-order chi connectivity index (χ1) is 8.09. The largest absolute Gasteiger partial charge is 0.476 e. The fraction of sp³-hybridized carbons (Fsp3) is 0.692. The third-order valence-corrected chi connectivity index (χ3v) is 3.90. The van der Waals surface area contributed by atoms with E-state index in [0.29, 0.717) is 0 Å². The van der Waals surface area contributed by atoms with Crippen molar-refractivity contribution in [1.29, 1.82) is 0 Å². The summed E-state index contributed by atoms with van der Waals surface area (Å²) in [6, 6.07) is 0. The van der Waals surface area contributed by atoms with E-state index in [2.05, 4.69) is 4.98 Å². The molecule has 0 aromatic carbocycles. The highest BCUT2D eigenvalue weighted by Gasteiger charge is 2.20. The van der Waals surface area contributed by atoms with Gasteiger partial charge in [-0.1, -0.05) is 25.7 Å². The maximum absolute atomic E-state index is 11.1. The second-order valence-corrected chi connectivity index (χ2v) is 5.01. The normalized spacial score (nSPS) is 16.6. The number of carboxylic acid groups (broad SMARTS) is 1. The molecule has 0 radical (unpaired) electrons. The molecule has 4 heteroatoms. The van der Waals surface area contributed by atoms with Crippen molar-refractivity contribution in [3.05, 3.63) is 17.2 Å². The Bertz CT molecular complexity index is 417. The fourth-order valence-electron chi connectivity index (χ4n) is 2.75. The van der Waals surface area contributed by atoms with Crippen LogP contribution in [0.1, 0.15) is 54.1 Å². The molecule has 1 heterocycles. The zero-order valence-corrected chi connectivity index (χ0v) is 10.6. The third-order valence-electron chi connectivity index (χ3n) is 3.90. The molecule has 0 atom stereocenters. The van der Waals surface area contributed by atoms with Crippen molar-refractivity contribution >= 4 is 5.97 Å². The van der Waals surface area contributed by atoms with Gasteiger partial charge >= 0.3 is 5.97 Å². The molecule has 0 aliphatic heterocycles. The average molecular weight is 236 g/mol. The minimum atomic E-state index is -0.907. The van der Waals surface area contributed by atoms with Crippen LogP contribution in [0.2, 0.25) is 0 Å². The first kappa shape index (κ1) is 12.1. The zero-order chi connectivity index (χ0) is 12.4. The number of aromatic carboxylic acids is 1. The molecular weight excluding hydrogens is 216 g/mol. The van der Waals surface area contributed by atoms with Gasteiger partial charge in [0.1, 0.15) is 5.82 Å². The summed E-state index contributed by atoms with van der Waals surface area (Å²) >= 11 is 0. The quantitative estimate of drug-likeness (QED) is 0.874. The number of hydrogen-bond donors (Lipinski definition) is 1. The molecule has 17 heavy (non-hydrogen) atoms. The number of carboxylic acids is 1. The highest BCUT2D eigenvalue weighted by atomic mass is 16.4. The predicted molar refractivity (Wildman–Crippen MR) is 65.2 cm³/mol. The number of imidazole rings is 1. The van der Waals surface area contributed by atoms with Crippen LogP contribution in [-0.4, -0.2) is 20.6 Å². The van der Waals surface area contributed by atoms with Gasteiger partial charge in [-0.05, 0) is 25.7 Å². The van der Waals surface area contributed by atoms with E-state index in [9.17, 15) is 4.79 Å². The molecule has 0 amide bonds. The Hall–Kier alpha value is -1.32. The van der Waals surface area contributed by atoms with Gasteiger partial charge in [0.2, 0.25) is 0 Å². The van der Waals surface area contributed by atoms with Gasteiger partial charge in [-0.15, -0.1) is 0 Å². The van der Waals surface area contributed by atoms with E-state index >= 15 is 0 Å². The summed E-state index contributed by atoms with van der Waals surface area (Å²) in [6.07, 6.45) is 7.21. The van der Waals surface area contributed by atoms with Gasteiger partial charge in [0.05, 0.1) is 5.69 Å². The molecule has 0 saturated heterocycles. The summed E-state index contributed by atoms with van der Waals surface area (Å²) in [7, 11) is 1.90. The number of aryl methyl sites for hydroxylation is 1. The Morgan fingerprint density at radius 2 is 2.12 bits per heavy atom. The third kappa shape index (κ3) is 2.51. The standard InChI is InChI=1S/C13H20N2O2/c1-9-14-12(13(16)17)11(15(9)2)8-7-10-5-3-4-6-10/h10H,3-8H2,1-2H3,(H,16,17). The van der Waals surface area contributed by atoms with Crippen LogP contribution in [0.15, 0.2) is 0 Å². The lowest BCUT2D eigenvalue weighted by Crippen LogP contribution is -2.07. The maximum atomic E-state index is 11.1. The second-order valence-electron chi connectivity index (χ2n) is 5.01. The van der Waals surface area contributed by atoms with Crippen molar-refractivity contribution in [3.63, 3.8) is 0 Å². The van der Waals surface area contributed by atoms with Crippen LogP contribution >= 0.6 is 0 Å². The molecule has 1 aromatic heterocycles. The van der Waals surface area contributed by atoms with E-state index in [1.54, 1.807) is 0 Å². The summed E-state index contributed by atoms with van der Waals surface area (Å²) in [5, 5.41) is 9.12. The van der Waals surface area contributed by atoms with Crippen molar-refractivity contribution < 1.29 is 9.90 Å². The van der Waals surface area contributed by atoms with Crippen molar-refractivity contribution in [2.24, 2.45) is 13.0 Å². The van der Waals surface area contributed by atoms with E-state index in [1.165, 1.54) is 25.7 Å². The molecule has 1 saturated carbocycles. The molecule has 1 fully saturated rings. The van der Waals surface area contributed by atoms with Crippen molar-refractivity contribution in [1.82, 2.24) is 9.55 Å². The summed E-state index contributed by atoms with van der Waals surface area (Å²) in [5.41, 5.74) is 1.12. The highest BCUT2D eigenvalue weighted by Crippen LogP contribution is 2.29. The molecule has 0 unspecified atom stereocenters. The molecule has 1 aromatic rings. The van der Waals surface area contributed by atoms with Crippen LogP contribution in [0, 0.1) is 12.8 Å². The minimum absolute atomic E-state index is 0.239. The van der Waals surface area contributed by atoms with Gasteiger partial charge in [0.25, 0.3) is 0 Å². The van der Waals surface area contributed by atoms with Gasteiger partial charge in [-0.25, -0.2) is 9.78 Å². The van der Waals surface area contributed by atoms with Crippen LogP contribution in [-0.2, 0) is 13.5 Å². The topological polar surface area (TPSA) is 55.1 Å². The number of aromatic nitrogens is 2. The molecule has 0 bridgehead atoms. The molecule has 1 aliphatic rings. The Balaban J connectivity index is 2.10. The average Bonchev–Trinajstić information content (AvgIpc) is 2.87. The lowest BCUT2D eigenvalue weighted by Gasteiger charge is -2.09. The van der Waals surface area contributed by atoms with Crippen LogP contribution in [0.5, 0.6) is 0 Å². The Morgan fingerprint density at radius 1 is 1.47 bits per heavy atom. The molecule has 1 N–H and O–H groups in total. The van der Waals surface area contributed by atoms with E-state index < -0.39 is 5.97 Å². The number of rotatable bonds is 4. The number of carbonyl (C=O) groups is 1. The molecule has 2 rings (SSSR count). The van der Waals surface area contributed by atoms with Gasteiger partial charge in [0, 0.05) is 7.05 Å². The second kappa shape index (κ2) is 4.90. The lowest BCUT2D eigenvalue weighted by molar-refractivity contribution is 0.0689. The van der Waals surface area contributed by atoms with E-state index in [-0.39, 0.29) is 5.69 Å². The van der Waals surface area contributed by atoms with Crippen LogP contribution in [0.4, 0.5) is 0 Å². The molecule has 94 valence electrons. The molecule has 0 spiro atoms. The molecule has 1 aliphatic carbocycles. The predicted octanol–water partition coefficient (Wildman–Crippen LogP) is 2.55. The monoisotopic (exact) mass is 236 g/mol. The summed E-state index contributed by atoms with van der Waals surface area (Å²) in [4.78, 5) is 15.2. The number of hydrogen-bond acceptors (Lipinski definition) is 2. The van der Waals surface area contributed by atoms with Gasteiger partial charge < -0.3 is 9.67 Å². The molecule has 4 nitrogen and oxygen atoms in total. The lowest BCUT2D eigenvalue weighted by atomic mass is 10.00. The highest BCUT2D eigenvalue weighted by molar-refractivity contribution is 5.86. The van der Waals surface area contributed by atoms with Crippen molar-refractivity contribution in [2.45, 2.75) is 45.4 Å². The van der Waals surface area contributed by atoms with E-state index in [4.69, 9.17) is 5.11 Å². The van der Waals surface area contributed by atoms with Crippen LogP contribution in [0.25, 0.3) is 0 Å². The van der Waals surface area contributed by atoms with Crippen LogP contribution < -0.4 is 0 Å². The maximum Gasteiger partial charge on any atom is 0.356 e. The Morgan fingerprint density at radius 3 is 2.71 bits per heavy atom.